The zero-order chi connectivity index (χ0) is 37.5. The van der Waals surface area contributed by atoms with Crippen molar-refractivity contribution in [2.45, 2.75) is 121 Å². The maximum atomic E-state index is 12.2. The minimum absolute atomic E-state index is 0. The third-order valence-corrected chi connectivity index (χ3v) is 14.5. The topological polar surface area (TPSA) is 63.1 Å². The van der Waals surface area contributed by atoms with E-state index in [1.807, 2.05) is 64.2 Å². The van der Waals surface area contributed by atoms with Crippen molar-refractivity contribution in [2.24, 2.45) is 16.7 Å². The van der Waals surface area contributed by atoms with Crippen molar-refractivity contribution in [3.8, 4) is 11.3 Å². The number of carbonyl (C=O) groups excluding carboxylic acids is 1. The number of carbonyl (C=O) groups is 1. The van der Waals surface area contributed by atoms with Crippen molar-refractivity contribution in [1.82, 2.24) is 9.97 Å². The second kappa shape index (κ2) is 16.5. The number of benzene rings is 2. The molecule has 1 N–H and O–H groups in total. The van der Waals surface area contributed by atoms with Crippen molar-refractivity contribution in [3.63, 3.8) is 0 Å². The molecule has 0 saturated carbocycles. The molecule has 4 aromatic heterocycles. The molecule has 52 heavy (non-hydrogen) atoms. The molecular formula is C44H55IrN2O2S3-. The summed E-state index contributed by atoms with van der Waals surface area (Å²) in [7, 11) is 0. The Morgan fingerprint density at radius 1 is 0.885 bits per heavy atom. The number of aromatic nitrogens is 2. The number of nitrogens with zero attached hydrogens (tertiary/aromatic N) is 2. The molecule has 281 valence electrons. The standard InChI is InChI=1S/C29H27N2S3.C15H28O2.Ir/c1-15(2)11-22-16(3)23-20(33-22)7-8-21-24(23)26-28(34-21)25(30-14-31-26)18-12-17-9-10-32-27(17)19(13-18)29(4,5)6;1-7-14(5,8-2)12(16)11-13(17)15(6,9-3)10-4;/h7-10,13-15H,11H2,1-6H3;11,16H,7-10H2,1-6H3;/q-1;;/b;12-11-;. The van der Waals surface area contributed by atoms with E-state index in [2.05, 4.69) is 77.3 Å². The van der Waals surface area contributed by atoms with E-state index < -0.39 is 0 Å². The van der Waals surface area contributed by atoms with E-state index in [9.17, 15) is 9.90 Å². The summed E-state index contributed by atoms with van der Waals surface area (Å²) in [4.78, 5) is 23.3. The van der Waals surface area contributed by atoms with Gasteiger partial charge in [0.2, 0.25) is 0 Å². The third-order valence-electron chi connectivity index (χ3n) is 11.1. The Bertz CT molecular complexity index is 2220. The summed E-state index contributed by atoms with van der Waals surface area (Å²) in [5, 5.41) is 16.1. The number of aryl methyl sites for hydroxylation is 1. The molecular weight excluding hydrogens is 877 g/mol. The van der Waals surface area contributed by atoms with Crippen LogP contribution in [0.15, 0.2) is 47.8 Å². The zero-order valence-corrected chi connectivity index (χ0v) is 37.8. The number of ketones is 1. The van der Waals surface area contributed by atoms with Gasteiger partial charge in [-0.2, -0.15) is 11.3 Å². The predicted molar refractivity (Wildman–Crippen MR) is 225 cm³/mol. The molecule has 4 nitrogen and oxygen atoms in total. The third kappa shape index (κ3) is 8.12. The fourth-order valence-electron chi connectivity index (χ4n) is 6.58. The molecule has 0 aliphatic heterocycles. The van der Waals surface area contributed by atoms with Gasteiger partial charge in [0.25, 0.3) is 0 Å². The van der Waals surface area contributed by atoms with E-state index in [1.165, 1.54) is 52.3 Å². The van der Waals surface area contributed by atoms with Crippen LogP contribution >= 0.6 is 34.0 Å². The molecule has 8 heteroatoms. The number of rotatable bonds is 10. The quantitative estimate of drug-likeness (QED) is 0.0844. The smallest absolute Gasteiger partial charge is 0.164 e. The molecule has 6 rings (SSSR count). The van der Waals surface area contributed by atoms with Gasteiger partial charge in [0.05, 0.1) is 5.52 Å². The number of aliphatic hydroxyl groups excluding tert-OH is 1. The van der Waals surface area contributed by atoms with Crippen LogP contribution in [0, 0.1) is 29.7 Å². The largest absolute Gasteiger partial charge is 0.512 e. The molecule has 2 aromatic carbocycles. The van der Waals surface area contributed by atoms with E-state index in [1.54, 1.807) is 17.7 Å². The van der Waals surface area contributed by atoms with Crippen LogP contribution in [-0.4, -0.2) is 20.9 Å². The van der Waals surface area contributed by atoms with Crippen LogP contribution < -0.4 is 0 Å². The number of hydrogen-bond acceptors (Lipinski definition) is 7. The van der Waals surface area contributed by atoms with Crippen molar-refractivity contribution in [1.29, 1.82) is 0 Å². The van der Waals surface area contributed by atoms with Gasteiger partial charge in [0, 0.05) is 72.5 Å². The van der Waals surface area contributed by atoms with Crippen molar-refractivity contribution in [3.05, 3.63) is 69.9 Å². The maximum absolute atomic E-state index is 12.2. The van der Waals surface area contributed by atoms with Gasteiger partial charge in [-0.05, 0) is 78.1 Å². The Hall–Kier alpha value is -2.48. The molecule has 0 aliphatic carbocycles. The maximum Gasteiger partial charge on any atom is 0.164 e. The molecule has 6 aromatic rings. The zero-order valence-electron chi connectivity index (χ0n) is 33.0. The van der Waals surface area contributed by atoms with Crippen LogP contribution in [0.3, 0.4) is 0 Å². The van der Waals surface area contributed by atoms with Gasteiger partial charge in [-0.3, -0.25) is 9.78 Å². The van der Waals surface area contributed by atoms with Gasteiger partial charge in [-0.1, -0.05) is 87.3 Å². The number of fused-ring (bicyclic) bond motifs is 6. The van der Waals surface area contributed by atoms with E-state index in [0.717, 1.165) is 53.6 Å². The van der Waals surface area contributed by atoms with Gasteiger partial charge < -0.3 is 5.11 Å². The number of allylic oxidation sites excluding steroid dienone is 2. The Balaban J connectivity index is 0.000000289. The van der Waals surface area contributed by atoms with E-state index >= 15 is 0 Å². The molecule has 0 amide bonds. The predicted octanol–water partition coefficient (Wildman–Crippen LogP) is 14.2. The molecule has 0 unspecified atom stereocenters. The van der Waals surface area contributed by atoms with Crippen molar-refractivity contribution < 1.29 is 30.0 Å². The number of hydrogen-bond donors (Lipinski definition) is 1. The normalized spacial score (nSPS) is 12.9. The first kappa shape index (κ1) is 42.3. The van der Waals surface area contributed by atoms with Crippen LogP contribution in [0.5, 0.6) is 0 Å². The second-order valence-corrected chi connectivity index (χ2v) is 19.1. The first-order chi connectivity index (χ1) is 24.0. The van der Waals surface area contributed by atoms with Gasteiger partial charge in [0.15, 0.2) is 5.78 Å². The average Bonchev–Trinajstić information content (AvgIpc) is 3.81. The van der Waals surface area contributed by atoms with Crippen LogP contribution in [0.25, 0.3) is 51.7 Å². The Morgan fingerprint density at radius 2 is 1.50 bits per heavy atom. The second-order valence-electron chi connectivity index (χ2n) is 16.0. The average molecular weight is 932 g/mol. The number of thiophene rings is 3. The fraction of sp³-hybridized carbons (Fsp3) is 0.477. The van der Waals surface area contributed by atoms with Crippen LogP contribution in [0.1, 0.15) is 118 Å². The number of aliphatic hydroxyl groups is 1. The van der Waals surface area contributed by atoms with Gasteiger partial charge in [-0.15, -0.1) is 46.3 Å². The first-order valence-corrected chi connectivity index (χ1v) is 21.0. The minimum atomic E-state index is -0.337. The van der Waals surface area contributed by atoms with E-state index in [0.29, 0.717) is 5.92 Å². The van der Waals surface area contributed by atoms with E-state index in [-0.39, 0.29) is 47.9 Å². The molecule has 1 radical (unpaired) electrons. The van der Waals surface area contributed by atoms with Crippen LogP contribution in [0.2, 0.25) is 0 Å². The summed E-state index contributed by atoms with van der Waals surface area (Å²) in [5.41, 5.74) is 5.35. The van der Waals surface area contributed by atoms with Crippen LogP contribution in [0.4, 0.5) is 0 Å². The van der Waals surface area contributed by atoms with Crippen LogP contribution in [-0.2, 0) is 36.7 Å². The summed E-state index contributed by atoms with van der Waals surface area (Å²) in [6, 6.07) is 12.7. The SMILES string of the molecule is CCC(C)(CC)C(=O)/C=C(\O)C(C)(CC)CC.Cc1c(CC(C)C)sc2ccc3sc4c(-c5[c-]c6ccsc6c(C(C)(C)C)c5)ncnc4c3c12.[Ir]. The molecule has 0 bridgehead atoms. The molecule has 0 atom stereocenters. The molecule has 4 heterocycles. The first-order valence-electron chi connectivity index (χ1n) is 18.5. The Kier molecular flexibility index (Phi) is 13.4. The van der Waals surface area contributed by atoms with Crippen molar-refractivity contribution in [2.75, 3.05) is 0 Å². The van der Waals surface area contributed by atoms with Crippen molar-refractivity contribution >= 4 is 80.3 Å². The van der Waals surface area contributed by atoms with E-state index in [4.69, 9.17) is 9.97 Å². The molecule has 0 aliphatic rings. The van der Waals surface area contributed by atoms with Gasteiger partial charge in [-0.25, -0.2) is 4.98 Å². The summed E-state index contributed by atoms with van der Waals surface area (Å²) in [6.45, 7) is 25.8. The Morgan fingerprint density at radius 3 is 2.08 bits per heavy atom. The van der Waals surface area contributed by atoms with Gasteiger partial charge >= 0.3 is 0 Å². The summed E-state index contributed by atoms with van der Waals surface area (Å²) >= 11 is 5.56. The molecule has 0 fully saturated rings. The fourth-order valence-corrected chi connectivity index (χ4v) is 10.3. The molecule has 0 spiro atoms. The monoisotopic (exact) mass is 932 g/mol. The minimum Gasteiger partial charge on any atom is -0.512 e. The molecule has 0 saturated heterocycles. The summed E-state index contributed by atoms with van der Waals surface area (Å²) in [5.74, 6) is 0.934. The summed E-state index contributed by atoms with van der Waals surface area (Å²) in [6.07, 6.45) is 7.62. The summed E-state index contributed by atoms with van der Waals surface area (Å²) < 4.78 is 5.13. The Labute approximate surface area is 336 Å². The van der Waals surface area contributed by atoms with Gasteiger partial charge in [0.1, 0.15) is 12.1 Å².